The van der Waals surface area contributed by atoms with Crippen molar-refractivity contribution < 1.29 is 14.3 Å². The summed E-state index contributed by atoms with van der Waals surface area (Å²) in [6, 6.07) is 26.8. The Kier molecular flexibility index (Phi) is 6.97. The van der Waals surface area contributed by atoms with E-state index in [0.29, 0.717) is 17.7 Å². The molecule has 0 saturated carbocycles. The molecule has 0 aliphatic heterocycles. The highest BCUT2D eigenvalue weighted by Crippen LogP contribution is 2.29. The Labute approximate surface area is 206 Å². The zero-order valence-electron chi connectivity index (χ0n) is 20.6. The second-order valence-corrected chi connectivity index (χ2v) is 9.55. The van der Waals surface area contributed by atoms with Gasteiger partial charge in [0.25, 0.3) is 0 Å². The summed E-state index contributed by atoms with van der Waals surface area (Å²) in [5.41, 5.74) is 4.99. The highest BCUT2D eigenvalue weighted by Gasteiger charge is 2.24. The molecule has 0 spiro atoms. The molecule has 0 bridgehead atoms. The molecule has 0 saturated heterocycles. The van der Waals surface area contributed by atoms with Crippen molar-refractivity contribution >= 4 is 11.8 Å². The van der Waals surface area contributed by atoms with Gasteiger partial charge in [-0.15, -0.1) is 0 Å². The molecule has 0 N–H and O–H groups in total. The lowest BCUT2D eigenvalue weighted by Gasteiger charge is -2.19. The fourth-order valence-electron chi connectivity index (χ4n) is 4.17. The van der Waals surface area contributed by atoms with Crippen LogP contribution in [-0.4, -0.2) is 27.1 Å². The minimum atomic E-state index is -0.565. The molecule has 0 atom stereocenters. The van der Waals surface area contributed by atoms with Crippen LogP contribution in [0.5, 0.6) is 0 Å². The van der Waals surface area contributed by atoms with E-state index in [0.717, 1.165) is 28.1 Å². The molecule has 1 heterocycles. The van der Waals surface area contributed by atoms with Gasteiger partial charge >= 0.3 is 5.97 Å². The third-order valence-corrected chi connectivity index (χ3v) is 5.66. The number of aryl methyl sites for hydroxylation is 1. The van der Waals surface area contributed by atoms with Crippen LogP contribution in [0.2, 0.25) is 0 Å². The average Bonchev–Trinajstić information content (AvgIpc) is 3.13. The van der Waals surface area contributed by atoms with Gasteiger partial charge in [-0.05, 0) is 33.3 Å². The zero-order chi connectivity index (χ0) is 25.0. The molecule has 0 aliphatic rings. The Balaban J connectivity index is 1.75. The van der Waals surface area contributed by atoms with Gasteiger partial charge in [0, 0.05) is 22.3 Å². The molecule has 0 amide bonds. The SMILES string of the molecule is Cc1nn(Cc2ccccc2C(=O)c2ccccc2)c(-c2ccccc2)c1CC(=O)OC(C)(C)C. The number of carbonyl (C=O) groups is 2. The summed E-state index contributed by atoms with van der Waals surface area (Å²) in [6.45, 7) is 7.89. The smallest absolute Gasteiger partial charge is 0.310 e. The maximum absolute atomic E-state index is 13.3. The number of hydrogen-bond donors (Lipinski definition) is 0. The number of ether oxygens (including phenoxy) is 1. The van der Waals surface area contributed by atoms with Crippen LogP contribution in [-0.2, 0) is 22.5 Å². The monoisotopic (exact) mass is 466 g/mol. The van der Waals surface area contributed by atoms with Gasteiger partial charge in [-0.2, -0.15) is 5.10 Å². The topological polar surface area (TPSA) is 61.2 Å². The molecule has 3 aromatic carbocycles. The average molecular weight is 467 g/mol. The van der Waals surface area contributed by atoms with E-state index >= 15 is 0 Å². The first-order valence-electron chi connectivity index (χ1n) is 11.7. The summed E-state index contributed by atoms with van der Waals surface area (Å²) in [7, 11) is 0. The Morgan fingerprint density at radius 2 is 1.46 bits per heavy atom. The Hall–Kier alpha value is -3.99. The molecule has 35 heavy (non-hydrogen) atoms. The molecule has 178 valence electrons. The first-order valence-corrected chi connectivity index (χ1v) is 11.7. The van der Waals surface area contributed by atoms with Crippen LogP contribution in [0, 0.1) is 6.92 Å². The first-order chi connectivity index (χ1) is 16.7. The maximum atomic E-state index is 13.3. The number of nitrogens with zero attached hydrogens (tertiary/aromatic N) is 2. The van der Waals surface area contributed by atoms with Crippen molar-refractivity contribution in [2.75, 3.05) is 0 Å². The molecule has 0 fully saturated rings. The molecule has 0 radical (unpaired) electrons. The van der Waals surface area contributed by atoms with Crippen molar-refractivity contribution in [2.45, 2.75) is 46.3 Å². The lowest BCUT2D eigenvalue weighted by atomic mass is 9.98. The van der Waals surface area contributed by atoms with Crippen molar-refractivity contribution in [3.05, 3.63) is 113 Å². The van der Waals surface area contributed by atoms with Gasteiger partial charge in [0.1, 0.15) is 5.60 Å². The molecular weight excluding hydrogens is 436 g/mol. The van der Waals surface area contributed by atoms with E-state index in [2.05, 4.69) is 0 Å². The van der Waals surface area contributed by atoms with Crippen LogP contribution in [0.4, 0.5) is 0 Å². The van der Waals surface area contributed by atoms with Crippen molar-refractivity contribution in [3.8, 4) is 11.3 Å². The number of ketones is 1. The van der Waals surface area contributed by atoms with E-state index < -0.39 is 5.60 Å². The van der Waals surface area contributed by atoms with Crippen LogP contribution in [0.25, 0.3) is 11.3 Å². The van der Waals surface area contributed by atoms with Crippen LogP contribution in [0.15, 0.2) is 84.9 Å². The van der Waals surface area contributed by atoms with Gasteiger partial charge in [-0.1, -0.05) is 84.9 Å². The molecule has 5 heteroatoms. The van der Waals surface area contributed by atoms with E-state index in [1.54, 1.807) is 0 Å². The van der Waals surface area contributed by atoms with Crippen LogP contribution in [0.3, 0.4) is 0 Å². The third-order valence-electron chi connectivity index (χ3n) is 5.66. The van der Waals surface area contributed by atoms with Crippen molar-refractivity contribution in [3.63, 3.8) is 0 Å². The minimum Gasteiger partial charge on any atom is -0.460 e. The predicted molar refractivity (Wildman–Crippen MR) is 137 cm³/mol. The summed E-state index contributed by atoms with van der Waals surface area (Å²) < 4.78 is 7.48. The number of aromatic nitrogens is 2. The predicted octanol–water partition coefficient (Wildman–Crippen LogP) is 6.02. The maximum Gasteiger partial charge on any atom is 0.310 e. The van der Waals surface area contributed by atoms with E-state index in [4.69, 9.17) is 9.84 Å². The first kappa shape index (κ1) is 24.1. The van der Waals surface area contributed by atoms with E-state index in [9.17, 15) is 9.59 Å². The molecule has 5 nitrogen and oxygen atoms in total. The lowest BCUT2D eigenvalue weighted by molar-refractivity contribution is -0.153. The molecule has 4 aromatic rings. The van der Waals surface area contributed by atoms with E-state index in [1.165, 1.54) is 0 Å². The zero-order valence-corrected chi connectivity index (χ0v) is 20.6. The van der Waals surface area contributed by atoms with Crippen LogP contribution < -0.4 is 0 Å². The second kappa shape index (κ2) is 10.1. The van der Waals surface area contributed by atoms with Gasteiger partial charge in [0.15, 0.2) is 5.78 Å². The Morgan fingerprint density at radius 3 is 2.11 bits per heavy atom. The third kappa shape index (κ3) is 5.75. The van der Waals surface area contributed by atoms with E-state index in [1.807, 2.05) is 117 Å². The normalized spacial score (nSPS) is 11.3. The number of carbonyl (C=O) groups excluding carboxylic acids is 2. The van der Waals surface area contributed by atoms with Crippen molar-refractivity contribution in [2.24, 2.45) is 0 Å². The molecule has 0 unspecified atom stereocenters. The Morgan fingerprint density at radius 1 is 0.857 bits per heavy atom. The quantitative estimate of drug-likeness (QED) is 0.247. The molecular formula is C30H30N2O3. The second-order valence-electron chi connectivity index (χ2n) is 9.55. The summed E-state index contributed by atoms with van der Waals surface area (Å²) in [5.74, 6) is -0.322. The summed E-state index contributed by atoms with van der Waals surface area (Å²) in [6.07, 6.45) is 0.123. The van der Waals surface area contributed by atoms with E-state index in [-0.39, 0.29) is 18.2 Å². The van der Waals surface area contributed by atoms with Crippen LogP contribution >= 0.6 is 0 Å². The van der Waals surface area contributed by atoms with Gasteiger partial charge < -0.3 is 4.74 Å². The fourth-order valence-corrected chi connectivity index (χ4v) is 4.17. The summed E-state index contributed by atoms with van der Waals surface area (Å²) in [5, 5.41) is 4.80. The van der Waals surface area contributed by atoms with Gasteiger partial charge in [0.05, 0.1) is 24.4 Å². The molecule has 0 aliphatic carbocycles. The van der Waals surface area contributed by atoms with Crippen LogP contribution in [0.1, 0.15) is 53.5 Å². The number of esters is 1. The van der Waals surface area contributed by atoms with Gasteiger partial charge in [0.2, 0.25) is 0 Å². The molecule has 4 rings (SSSR count). The largest absolute Gasteiger partial charge is 0.460 e. The summed E-state index contributed by atoms with van der Waals surface area (Å²) >= 11 is 0. The fraction of sp³-hybridized carbons (Fsp3) is 0.233. The standard InChI is InChI=1S/C30H30N2O3/c1-21-26(19-27(33)35-30(2,3)4)28(22-13-7-5-8-14-22)32(31-21)20-24-17-11-12-18-25(24)29(34)23-15-9-6-10-16-23/h5-18H,19-20H2,1-4H3. The number of rotatable bonds is 7. The number of benzene rings is 3. The van der Waals surface area contributed by atoms with Gasteiger partial charge in [-0.3, -0.25) is 14.3 Å². The minimum absolute atomic E-state index is 0.0275. The van der Waals surface area contributed by atoms with Crippen molar-refractivity contribution in [1.29, 1.82) is 0 Å². The number of hydrogen-bond acceptors (Lipinski definition) is 4. The highest BCUT2D eigenvalue weighted by atomic mass is 16.6. The Bertz CT molecular complexity index is 1330. The lowest BCUT2D eigenvalue weighted by Crippen LogP contribution is -2.25. The van der Waals surface area contributed by atoms with Crippen molar-refractivity contribution in [1.82, 2.24) is 9.78 Å². The summed E-state index contributed by atoms with van der Waals surface area (Å²) in [4.78, 5) is 26.0. The highest BCUT2D eigenvalue weighted by molar-refractivity contribution is 6.09. The molecule has 1 aromatic heterocycles. The van der Waals surface area contributed by atoms with Gasteiger partial charge in [-0.25, -0.2) is 0 Å².